The van der Waals surface area contributed by atoms with Crippen molar-refractivity contribution >= 4 is 0 Å². The number of hydrogen-bond donors (Lipinski definition) is 1. The molecule has 0 radical (unpaired) electrons. The van der Waals surface area contributed by atoms with E-state index >= 15 is 0 Å². The first-order valence-corrected chi connectivity index (χ1v) is 7.77. The molecule has 0 aromatic rings. The summed E-state index contributed by atoms with van der Waals surface area (Å²) in [5, 5.41) is 3.95. The van der Waals surface area contributed by atoms with Crippen LogP contribution >= 0.6 is 0 Å². The Morgan fingerprint density at radius 1 is 1.06 bits per heavy atom. The van der Waals surface area contributed by atoms with Gasteiger partial charge >= 0.3 is 0 Å². The highest BCUT2D eigenvalue weighted by atomic mass is 15.0. The molecule has 3 aliphatic carbocycles. The van der Waals surface area contributed by atoms with Crippen LogP contribution in [0.15, 0.2) is 0 Å². The molecule has 3 fully saturated rings. The van der Waals surface area contributed by atoms with Crippen LogP contribution in [0.3, 0.4) is 0 Å². The summed E-state index contributed by atoms with van der Waals surface area (Å²) in [6, 6.07) is 0.803. The lowest BCUT2D eigenvalue weighted by Crippen LogP contribution is -2.45. The van der Waals surface area contributed by atoms with Gasteiger partial charge in [0.2, 0.25) is 0 Å². The second kappa shape index (κ2) is 3.98. The van der Waals surface area contributed by atoms with Crippen LogP contribution in [0.1, 0.15) is 65.7 Å². The molecule has 3 aliphatic rings. The van der Waals surface area contributed by atoms with Crippen LogP contribution in [0.25, 0.3) is 0 Å². The van der Waals surface area contributed by atoms with E-state index in [9.17, 15) is 0 Å². The Kier molecular flexibility index (Phi) is 2.81. The molecule has 0 amide bonds. The number of nitrogens with one attached hydrogen (secondary N) is 1. The minimum absolute atomic E-state index is 0.566. The van der Waals surface area contributed by atoms with Crippen molar-refractivity contribution in [3.63, 3.8) is 0 Å². The molecule has 0 heterocycles. The number of hydrogen-bond acceptors (Lipinski definition) is 1. The average Bonchev–Trinajstić information content (AvgIpc) is 2.91. The largest absolute Gasteiger partial charge is 0.313 e. The summed E-state index contributed by atoms with van der Waals surface area (Å²) in [6.45, 7) is 8.87. The fourth-order valence-corrected chi connectivity index (χ4v) is 5.04. The summed E-state index contributed by atoms with van der Waals surface area (Å²) in [4.78, 5) is 0. The second-order valence-electron chi connectivity index (χ2n) is 7.72. The maximum absolute atomic E-state index is 3.95. The maximum Gasteiger partial charge on any atom is 0.0129 e. The molecule has 3 rings (SSSR count). The molecule has 1 nitrogen and oxygen atoms in total. The van der Waals surface area contributed by atoms with E-state index in [4.69, 9.17) is 0 Å². The zero-order chi connectivity index (χ0) is 12.1. The molecule has 1 N–H and O–H groups in total. The highest BCUT2D eigenvalue weighted by Crippen LogP contribution is 2.65. The van der Waals surface area contributed by atoms with Gasteiger partial charge in [-0.05, 0) is 61.3 Å². The maximum atomic E-state index is 3.95. The average molecular weight is 235 g/mol. The lowest BCUT2D eigenvalue weighted by Gasteiger charge is -2.40. The number of fused-ring (bicyclic) bond motifs is 2. The highest BCUT2D eigenvalue weighted by molar-refractivity contribution is 5.13. The first-order chi connectivity index (χ1) is 8.04. The third kappa shape index (κ3) is 1.69. The second-order valence-corrected chi connectivity index (χ2v) is 7.72. The van der Waals surface area contributed by atoms with Crippen LogP contribution in [0.4, 0.5) is 0 Å². The van der Waals surface area contributed by atoms with Crippen molar-refractivity contribution in [2.75, 3.05) is 6.54 Å². The van der Waals surface area contributed by atoms with Crippen molar-refractivity contribution in [3.05, 3.63) is 0 Å². The van der Waals surface area contributed by atoms with Crippen molar-refractivity contribution in [2.24, 2.45) is 22.7 Å². The smallest absolute Gasteiger partial charge is 0.0129 e. The van der Waals surface area contributed by atoms with Crippen LogP contribution in [0.2, 0.25) is 0 Å². The van der Waals surface area contributed by atoms with Gasteiger partial charge in [-0.3, -0.25) is 0 Å². The molecule has 0 saturated heterocycles. The Morgan fingerprint density at radius 3 is 2.29 bits per heavy atom. The molecule has 98 valence electrons. The summed E-state index contributed by atoms with van der Waals surface area (Å²) in [7, 11) is 0. The van der Waals surface area contributed by atoms with Crippen molar-refractivity contribution in [1.82, 2.24) is 5.32 Å². The molecule has 3 atom stereocenters. The van der Waals surface area contributed by atoms with E-state index in [0.717, 1.165) is 17.9 Å². The van der Waals surface area contributed by atoms with Crippen molar-refractivity contribution < 1.29 is 0 Å². The van der Waals surface area contributed by atoms with E-state index in [1.54, 1.807) is 0 Å². The van der Waals surface area contributed by atoms with E-state index in [1.165, 1.54) is 51.5 Å². The Labute approximate surface area is 107 Å². The molecule has 2 bridgehead atoms. The van der Waals surface area contributed by atoms with Gasteiger partial charge < -0.3 is 5.32 Å². The molecular weight excluding hydrogens is 206 g/mol. The fourth-order valence-electron chi connectivity index (χ4n) is 5.04. The standard InChI is InChI=1S/C16H29N/c1-15(2)13-8-9-16(15,3)14(10-13)17-11-12-6-4-5-7-12/h12-14,17H,4-11H2,1-3H3. The Morgan fingerprint density at radius 2 is 1.76 bits per heavy atom. The van der Waals surface area contributed by atoms with Crippen molar-refractivity contribution in [2.45, 2.75) is 71.8 Å². The van der Waals surface area contributed by atoms with E-state index in [2.05, 4.69) is 26.1 Å². The summed E-state index contributed by atoms with van der Waals surface area (Å²) in [5.41, 5.74) is 1.14. The molecule has 1 heteroatoms. The van der Waals surface area contributed by atoms with Gasteiger partial charge in [-0.2, -0.15) is 0 Å². The normalized spacial score (nSPS) is 44.6. The van der Waals surface area contributed by atoms with E-state index < -0.39 is 0 Å². The van der Waals surface area contributed by atoms with Crippen LogP contribution in [-0.4, -0.2) is 12.6 Å². The fraction of sp³-hybridized carbons (Fsp3) is 1.00. The predicted molar refractivity (Wildman–Crippen MR) is 73.0 cm³/mol. The van der Waals surface area contributed by atoms with Crippen LogP contribution < -0.4 is 5.32 Å². The van der Waals surface area contributed by atoms with Gasteiger partial charge in [-0.15, -0.1) is 0 Å². The molecule has 0 aromatic carbocycles. The first kappa shape index (κ1) is 12.0. The van der Waals surface area contributed by atoms with Crippen LogP contribution in [0.5, 0.6) is 0 Å². The Balaban J connectivity index is 1.62. The topological polar surface area (TPSA) is 12.0 Å². The first-order valence-electron chi connectivity index (χ1n) is 7.77. The molecule has 3 unspecified atom stereocenters. The van der Waals surface area contributed by atoms with E-state index in [-0.39, 0.29) is 0 Å². The highest BCUT2D eigenvalue weighted by Gasteiger charge is 2.60. The minimum Gasteiger partial charge on any atom is -0.313 e. The summed E-state index contributed by atoms with van der Waals surface area (Å²) >= 11 is 0. The zero-order valence-electron chi connectivity index (χ0n) is 11.9. The third-order valence-corrected chi connectivity index (χ3v) is 6.92. The summed E-state index contributed by atoms with van der Waals surface area (Å²) < 4.78 is 0. The van der Waals surface area contributed by atoms with Gasteiger partial charge in [0.15, 0.2) is 0 Å². The minimum atomic E-state index is 0.566. The Hall–Kier alpha value is -0.0400. The monoisotopic (exact) mass is 235 g/mol. The van der Waals surface area contributed by atoms with Crippen LogP contribution in [-0.2, 0) is 0 Å². The molecule has 0 aliphatic heterocycles. The molecule has 0 aromatic heterocycles. The van der Waals surface area contributed by atoms with Crippen LogP contribution in [0, 0.1) is 22.7 Å². The quantitative estimate of drug-likeness (QED) is 0.780. The third-order valence-electron chi connectivity index (χ3n) is 6.92. The zero-order valence-corrected chi connectivity index (χ0v) is 11.9. The van der Waals surface area contributed by atoms with E-state index in [1.807, 2.05) is 0 Å². The summed E-state index contributed by atoms with van der Waals surface area (Å²) in [6.07, 6.45) is 10.3. The molecule has 0 spiro atoms. The predicted octanol–water partition coefficient (Wildman–Crippen LogP) is 3.98. The van der Waals surface area contributed by atoms with Gasteiger partial charge in [0.25, 0.3) is 0 Å². The summed E-state index contributed by atoms with van der Waals surface area (Å²) in [5.74, 6) is 1.97. The van der Waals surface area contributed by atoms with Crippen molar-refractivity contribution in [3.8, 4) is 0 Å². The van der Waals surface area contributed by atoms with Gasteiger partial charge in [-0.1, -0.05) is 33.6 Å². The molecule has 3 saturated carbocycles. The lowest BCUT2D eigenvalue weighted by molar-refractivity contribution is 0.119. The number of rotatable bonds is 3. The molecular formula is C16H29N. The van der Waals surface area contributed by atoms with Gasteiger partial charge in [0, 0.05) is 6.04 Å². The van der Waals surface area contributed by atoms with Crippen molar-refractivity contribution in [1.29, 1.82) is 0 Å². The SMILES string of the molecule is CC1(C)C2CCC1(C)C(NCC1CCCC1)C2. The van der Waals surface area contributed by atoms with Gasteiger partial charge in [0.05, 0.1) is 0 Å². The lowest BCUT2D eigenvalue weighted by atomic mass is 9.69. The Bertz CT molecular complexity index is 290. The van der Waals surface area contributed by atoms with E-state index in [0.29, 0.717) is 10.8 Å². The van der Waals surface area contributed by atoms with Gasteiger partial charge in [-0.25, -0.2) is 0 Å². The molecule has 17 heavy (non-hydrogen) atoms. The van der Waals surface area contributed by atoms with Gasteiger partial charge in [0.1, 0.15) is 0 Å².